The van der Waals surface area contributed by atoms with Gasteiger partial charge in [-0.3, -0.25) is 19.2 Å². The lowest BCUT2D eigenvalue weighted by atomic mass is 9.62. The van der Waals surface area contributed by atoms with Gasteiger partial charge in [-0.25, -0.2) is 9.80 Å². The molecular weight excluding hydrogens is 1770 g/mol. The number of hydrogen-bond acceptors (Lipinski definition) is 10. The summed E-state index contributed by atoms with van der Waals surface area (Å²) in [6, 6.07) is 75.5. The topological polar surface area (TPSA) is 152 Å². The van der Waals surface area contributed by atoms with E-state index in [1.54, 1.807) is 24.3 Å². The number of anilines is 2. The van der Waals surface area contributed by atoms with Gasteiger partial charge in [-0.15, -0.1) is 0 Å². The summed E-state index contributed by atoms with van der Waals surface area (Å²) in [7, 11) is 0. The van der Waals surface area contributed by atoms with Crippen LogP contribution in [0.3, 0.4) is 0 Å². The van der Waals surface area contributed by atoms with Crippen LogP contribution in [0.2, 0.25) is 0 Å². The number of nitrogens with zero attached hydrogens (tertiary/aromatic N) is 2. The number of imide groups is 2. The maximum Gasteiger partial charge on any atom is 0.266 e. The molecule has 2 heterocycles. The highest BCUT2D eigenvalue weighted by atomic mass is 16.5. The zero-order chi connectivity index (χ0) is 101. The molecule has 0 fully saturated rings. The minimum atomic E-state index is -0.480. The van der Waals surface area contributed by atoms with Crippen molar-refractivity contribution in [2.45, 2.75) is 210 Å². The van der Waals surface area contributed by atoms with Crippen molar-refractivity contribution in [1.82, 2.24) is 0 Å². The summed E-state index contributed by atoms with van der Waals surface area (Å²) in [4.78, 5) is 67.8. The maximum atomic E-state index is 16.3. The predicted molar refractivity (Wildman–Crippen MR) is 589 cm³/mol. The Labute approximate surface area is 841 Å². The van der Waals surface area contributed by atoms with Gasteiger partial charge in [-0.05, 0) is 359 Å². The van der Waals surface area contributed by atoms with Crippen LogP contribution in [-0.2, 0) is 34.5 Å². The molecule has 4 amide bonds. The van der Waals surface area contributed by atoms with Gasteiger partial charge >= 0.3 is 0 Å². The molecular formula is C132H118N2O10. The van der Waals surface area contributed by atoms with Crippen LogP contribution in [0.4, 0.5) is 11.4 Å². The summed E-state index contributed by atoms with van der Waals surface area (Å²) in [6.45, 7) is 47.1. The molecule has 716 valence electrons. The molecule has 2 N–H and O–H groups in total. The van der Waals surface area contributed by atoms with Crippen LogP contribution in [0.15, 0.2) is 243 Å². The number of rotatable bonds is 17. The second-order valence-corrected chi connectivity index (χ2v) is 46.7. The third-order valence-corrected chi connectivity index (χ3v) is 32.0. The van der Waals surface area contributed by atoms with Gasteiger partial charge in [0.1, 0.15) is 57.5 Å². The number of hydrogen-bond donors (Lipinski definition) is 2. The highest BCUT2D eigenvalue weighted by Crippen LogP contribution is 2.67. The molecule has 2 aliphatic heterocycles. The first kappa shape index (κ1) is 91.3. The molecule has 12 heteroatoms. The van der Waals surface area contributed by atoms with Crippen molar-refractivity contribution in [2.24, 2.45) is 11.8 Å². The van der Waals surface area contributed by atoms with E-state index in [2.05, 4.69) is 243 Å². The first-order chi connectivity index (χ1) is 68.5. The minimum absolute atomic E-state index is 0.0700. The van der Waals surface area contributed by atoms with E-state index in [9.17, 15) is 10.2 Å². The van der Waals surface area contributed by atoms with Crippen molar-refractivity contribution in [2.75, 3.05) is 9.80 Å². The van der Waals surface area contributed by atoms with Crippen molar-refractivity contribution < 1.29 is 48.3 Å². The smallest absolute Gasteiger partial charge is 0.266 e. The lowest BCUT2D eigenvalue weighted by molar-refractivity contribution is 0.0877. The fraction of sp³-hybridized carbons (Fsp3) is 0.258. The summed E-state index contributed by atoms with van der Waals surface area (Å²) in [6.07, 6.45) is 10.8. The van der Waals surface area contributed by atoms with Gasteiger partial charge in [0.05, 0.1) is 33.6 Å². The molecule has 7 aliphatic rings. The van der Waals surface area contributed by atoms with Crippen LogP contribution in [-0.4, -0.2) is 33.8 Å². The molecule has 0 radical (unpaired) electrons. The van der Waals surface area contributed by atoms with Gasteiger partial charge in [-0.1, -0.05) is 260 Å². The van der Waals surface area contributed by atoms with Crippen molar-refractivity contribution in [1.29, 1.82) is 0 Å². The van der Waals surface area contributed by atoms with Crippen molar-refractivity contribution in [3.8, 4) is 79.7 Å². The summed E-state index contributed by atoms with van der Waals surface area (Å²) in [5.74, 6) is 1.55. The average molecular weight is 1890 g/mol. The molecule has 12 nitrogen and oxygen atoms in total. The van der Waals surface area contributed by atoms with E-state index in [0.717, 1.165) is 128 Å². The molecule has 2 unspecified atom stereocenters. The minimum Gasteiger partial charge on any atom is -0.508 e. The normalized spacial score (nSPS) is 15.7. The highest BCUT2D eigenvalue weighted by molar-refractivity contribution is 6.46. The quantitative estimate of drug-likeness (QED) is 0.0512. The van der Waals surface area contributed by atoms with E-state index >= 15 is 19.2 Å². The second kappa shape index (κ2) is 32.2. The number of benzene rings is 17. The van der Waals surface area contributed by atoms with Gasteiger partial charge in [0, 0.05) is 55.3 Å². The van der Waals surface area contributed by atoms with Gasteiger partial charge in [0.15, 0.2) is 0 Å². The van der Waals surface area contributed by atoms with Crippen LogP contribution >= 0.6 is 0 Å². The standard InChI is InChI=1S/C132H118N2O10/c1-65(2)95-57-81(135)58-96(66(3)4)123(95)133-125(137)103-61-107(141-83-33-25-77(26-34-83)129(11,12)13)117-91-45-41-87-99-53-73-49-69(9)71(51-75(73)55-101(99)89-43-47-93(113(91)111(87)89)119-109(63-105(127(133)139)115(103)121(117)119)143-85-37-29-79(30-38-85)131(17,18)19)23-24-72-52-76-56-102-90-44-48-94-114-92(46-42-88(112(90)114)100(102)54-74(76)50-70(72)10)118-108(142-84-35-27-78(28-36-84)130(14,15)16)62-104-116-106(64-110(120(94)122(116)118)144-86-39-31-80(32-40-86)132(20,21)22)128(140)134(126(104)138)124-97(67(5)6)59-82(136)60-98(124)68(7)8/h25-68,111,113,135-136H,23-24H2,1-22H3. The first-order valence-electron chi connectivity index (χ1n) is 51.1. The number of allylic oxidation sites excluding steroid dienone is 8. The number of fused-ring (bicyclic) bond motifs is 12. The van der Waals surface area contributed by atoms with Crippen LogP contribution in [0, 0.1) is 25.7 Å². The van der Waals surface area contributed by atoms with Crippen LogP contribution < -0.4 is 28.7 Å². The molecule has 5 aliphatic carbocycles. The third-order valence-electron chi connectivity index (χ3n) is 32.0. The van der Waals surface area contributed by atoms with Crippen molar-refractivity contribution in [3.05, 3.63) is 354 Å². The van der Waals surface area contributed by atoms with E-state index in [1.807, 2.05) is 128 Å². The Morgan fingerprint density at radius 2 is 0.556 bits per heavy atom. The van der Waals surface area contributed by atoms with Gasteiger partial charge < -0.3 is 29.2 Å². The molecule has 2 atom stereocenters. The summed E-state index contributed by atoms with van der Waals surface area (Å²) in [5, 5.41) is 35.3. The van der Waals surface area contributed by atoms with E-state index in [4.69, 9.17) is 18.9 Å². The average Bonchev–Trinajstić information content (AvgIpc) is 1.37. The Morgan fingerprint density at radius 3 is 0.875 bits per heavy atom. The molecule has 144 heavy (non-hydrogen) atoms. The molecule has 0 bridgehead atoms. The molecule has 24 rings (SSSR count). The molecule has 0 spiro atoms. The van der Waals surface area contributed by atoms with Crippen molar-refractivity contribution >= 4 is 133 Å². The Morgan fingerprint density at radius 1 is 0.278 bits per heavy atom. The number of carbonyl (C=O) groups excluding carboxylic acids is 4. The number of carbonyl (C=O) groups is 4. The van der Waals surface area contributed by atoms with Crippen LogP contribution in [0.25, 0.3) is 120 Å². The SMILES string of the molecule is Cc1cc2cc3c(cc2cc1CCc1cc2cc4c(cc2cc1C)-c1ccc2c5c(Oc6ccc(C(C)(C)C)cc6)cc6c7c(cc(Oc8ccc(C(C)(C)C)cc8)c(c8ccc-4c1c28)c75)C(=O)N(c1c(C(C)C)cc(O)cc1C(C)C)C6=O)C1=CC=C2c4c(Oc5ccc(C(C)(C)C)cc5)cc5c6c(cc(Oc7ccc(C(C)(C)C)cc7)c(c46)C4=CC=C3C1C42)C(=O)N(c1c(C(C)C)cc(O)cc1C(C)C)C5=O. The van der Waals surface area contributed by atoms with Gasteiger partial charge in [0.25, 0.3) is 23.6 Å². The number of amides is 4. The number of ether oxygens (including phenoxy) is 4. The number of phenolic OH excluding ortho intramolecular Hbond substituents is 2. The Bertz CT molecular complexity index is 8550. The molecule has 0 saturated carbocycles. The molecule has 17 aromatic carbocycles. The van der Waals surface area contributed by atoms with Gasteiger partial charge in [0.2, 0.25) is 0 Å². The van der Waals surface area contributed by atoms with Crippen LogP contribution in [0.1, 0.15) is 293 Å². The second-order valence-electron chi connectivity index (χ2n) is 46.7. The Hall–Kier alpha value is -15.1. The highest BCUT2D eigenvalue weighted by Gasteiger charge is 2.52. The molecule has 0 aromatic heterocycles. The van der Waals surface area contributed by atoms with E-state index in [-0.39, 0.29) is 68.7 Å². The fourth-order valence-corrected chi connectivity index (χ4v) is 24.5. The van der Waals surface area contributed by atoms with E-state index < -0.39 is 23.6 Å². The number of phenols is 2. The largest absolute Gasteiger partial charge is 0.508 e. The van der Waals surface area contributed by atoms with E-state index in [0.29, 0.717) is 118 Å². The predicted octanol–water partition coefficient (Wildman–Crippen LogP) is 34.6. The monoisotopic (exact) mass is 1890 g/mol. The Kier molecular flexibility index (Phi) is 20.4. The summed E-state index contributed by atoms with van der Waals surface area (Å²) < 4.78 is 29.5. The first-order valence-corrected chi connectivity index (χ1v) is 51.1. The Balaban J connectivity index is 0.613. The lowest BCUT2D eigenvalue weighted by Crippen LogP contribution is -2.42. The molecule has 17 aromatic rings. The third kappa shape index (κ3) is 14.1. The lowest BCUT2D eigenvalue weighted by Gasteiger charge is -2.42. The van der Waals surface area contributed by atoms with Crippen LogP contribution in [0.5, 0.6) is 57.5 Å². The molecule has 0 saturated heterocycles. The number of aryl methyl sites for hydroxylation is 4. The zero-order valence-electron chi connectivity index (χ0n) is 86.0. The zero-order valence-corrected chi connectivity index (χ0v) is 86.0. The van der Waals surface area contributed by atoms with E-state index in [1.165, 1.54) is 65.1 Å². The maximum absolute atomic E-state index is 16.3. The number of aromatic hydroxyl groups is 2. The fourth-order valence-electron chi connectivity index (χ4n) is 24.5. The van der Waals surface area contributed by atoms with Gasteiger partial charge in [-0.2, -0.15) is 0 Å². The summed E-state index contributed by atoms with van der Waals surface area (Å²) >= 11 is 0. The summed E-state index contributed by atoms with van der Waals surface area (Å²) in [5.41, 5.74) is 27.2. The van der Waals surface area contributed by atoms with Crippen molar-refractivity contribution in [3.63, 3.8) is 0 Å².